The molecule has 0 amide bonds. The quantitative estimate of drug-likeness (QED) is 0.849. The Labute approximate surface area is 102 Å². The second-order valence-corrected chi connectivity index (χ2v) is 4.54. The average molecular weight is 233 g/mol. The fourth-order valence-electron chi connectivity index (χ4n) is 2.45. The summed E-state index contributed by atoms with van der Waals surface area (Å²) in [5.74, 6) is -0.705. The number of carboxylic acids is 1. The first-order valence-electron chi connectivity index (χ1n) is 6.29. The van der Waals surface area contributed by atoms with Crippen molar-refractivity contribution in [2.75, 3.05) is 18.0 Å². The van der Waals surface area contributed by atoms with Crippen molar-refractivity contribution in [1.29, 1.82) is 0 Å². The molecular weight excluding hydrogens is 214 g/mol. The van der Waals surface area contributed by atoms with Gasteiger partial charge in [0.2, 0.25) is 0 Å². The van der Waals surface area contributed by atoms with E-state index in [1.54, 1.807) is 0 Å². The number of anilines is 1. The SMILES string of the molecule is CCN1CCc2cc(CCCC(=O)O)ccc21. The highest BCUT2D eigenvalue weighted by molar-refractivity contribution is 5.66. The third-order valence-electron chi connectivity index (χ3n) is 3.37. The lowest BCUT2D eigenvalue weighted by Crippen LogP contribution is -2.18. The number of hydrogen-bond acceptors (Lipinski definition) is 2. The Kier molecular flexibility index (Phi) is 3.67. The third-order valence-corrected chi connectivity index (χ3v) is 3.37. The summed E-state index contributed by atoms with van der Waals surface area (Å²) in [6, 6.07) is 6.56. The first-order chi connectivity index (χ1) is 8.20. The molecule has 2 rings (SSSR count). The second-order valence-electron chi connectivity index (χ2n) is 4.54. The summed E-state index contributed by atoms with van der Waals surface area (Å²) < 4.78 is 0. The van der Waals surface area contributed by atoms with Gasteiger partial charge in [0.15, 0.2) is 0 Å². The van der Waals surface area contributed by atoms with Gasteiger partial charge in [-0.1, -0.05) is 12.1 Å². The maximum absolute atomic E-state index is 10.5. The van der Waals surface area contributed by atoms with E-state index in [1.165, 1.54) is 16.8 Å². The molecule has 0 atom stereocenters. The molecule has 0 saturated heterocycles. The zero-order chi connectivity index (χ0) is 12.3. The van der Waals surface area contributed by atoms with Gasteiger partial charge in [-0.2, -0.15) is 0 Å². The van der Waals surface area contributed by atoms with Gasteiger partial charge in [0.1, 0.15) is 0 Å². The highest BCUT2D eigenvalue weighted by atomic mass is 16.4. The van der Waals surface area contributed by atoms with Gasteiger partial charge in [-0.3, -0.25) is 4.79 Å². The van der Waals surface area contributed by atoms with Crippen LogP contribution in [0.4, 0.5) is 5.69 Å². The van der Waals surface area contributed by atoms with Crippen molar-refractivity contribution in [3.05, 3.63) is 29.3 Å². The zero-order valence-corrected chi connectivity index (χ0v) is 10.3. The minimum atomic E-state index is -0.705. The van der Waals surface area contributed by atoms with Crippen molar-refractivity contribution in [3.63, 3.8) is 0 Å². The lowest BCUT2D eigenvalue weighted by atomic mass is 10.0. The van der Waals surface area contributed by atoms with Crippen LogP contribution >= 0.6 is 0 Å². The lowest BCUT2D eigenvalue weighted by molar-refractivity contribution is -0.137. The molecule has 0 aromatic heterocycles. The van der Waals surface area contributed by atoms with Crippen molar-refractivity contribution >= 4 is 11.7 Å². The van der Waals surface area contributed by atoms with Crippen molar-refractivity contribution in [1.82, 2.24) is 0 Å². The summed E-state index contributed by atoms with van der Waals surface area (Å²) in [6.07, 6.45) is 2.98. The van der Waals surface area contributed by atoms with E-state index in [1.807, 2.05) is 0 Å². The van der Waals surface area contributed by atoms with Crippen molar-refractivity contribution < 1.29 is 9.90 Å². The summed E-state index contributed by atoms with van der Waals surface area (Å²) in [7, 11) is 0. The summed E-state index contributed by atoms with van der Waals surface area (Å²) in [4.78, 5) is 12.8. The van der Waals surface area contributed by atoms with E-state index in [2.05, 4.69) is 30.0 Å². The summed E-state index contributed by atoms with van der Waals surface area (Å²) in [6.45, 7) is 4.35. The molecule has 1 heterocycles. The van der Waals surface area contributed by atoms with Gasteiger partial charge in [-0.05, 0) is 43.4 Å². The van der Waals surface area contributed by atoms with Crippen molar-refractivity contribution in [2.24, 2.45) is 0 Å². The molecule has 0 unspecified atom stereocenters. The van der Waals surface area contributed by atoms with Crippen LogP contribution < -0.4 is 4.90 Å². The van der Waals surface area contributed by atoms with E-state index in [-0.39, 0.29) is 6.42 Å². The molecule has 0 saturated carbocycles. The van der Waals surface area contributed by atoms with Gasteiger partial charge >= 0.3 is 5.97 Å². The first kappa shape index (κ1) is 12.0. The second kappa shape index (κ2) is 5.21. The van der Waals surface area contributed by atoms with E-state index < -0.39 is 5.97 Å². The average Bonchev–Trinajstić information content (AvgIpc) is 2.70. The van der Waals surface area contributed by atoms with E-state index in [0.29, 0.717) is 0 Å². The molecule has 92 valence electrons. The van der Waals surface area contributed by atoms with Gasteiger partial charge in [0, 0.05) is 25.2 Å². The number of carbonyl (C=O) groups is 1. The molecule has 0 radical (unpaired) electrons. The molecule has 1 aromatic rings. The van der Waals surface area contributed by atoms with Gasteiger partial charge in [-0.25, -0.2) is 0 Å². The lowest BCUT2D eigenvalue weighted by Gasteiger charge is -2.16. The third kappa shape index (κ3) is 2.78. The molecule has 0 spiro atoms. The maximum atomic E-state index is 10.5. The van der Waals surface area contributed by atoms with Gasteiger partial charge in [-0.15, -0.1) is 0 Å². The van der Waals surface area contributed by atoms with Crippen molar-refractivity contribution in [3.8, 4) is 0 Å². The van der Waals surface area contributed by atoms with Crippen LogP contribution in [-0.4, -0.2) is 24.2 Å². The van der Waals surface area contributed by atoms with Crippen LogP contribution in [0.3, 0.4) is 0 Å². The number of likely N-dealkylation sites (N-methyl/N-ethyl adjacent to an activating group) is 1. The van der Waals surface area contributed by atoms with Crippen LogP contribution in [0.25, 0.3) is 0 Å². The molecule has 0 aliphatic carbocycles. The number of nitrogens with zero attached hydrogens (tertiary/aromatic N) is 1. The summed E-state index contributed by atoms with van der Waals surface area (Å²) in [5.41, 5.74) is 4.04. The fraction of sp³-hybridized carbons (Fsp3) is 0.500. The molecule has 17 heavy (non-hydrogen) atoms. The van der Waals surface area contributed by atoms with E-state index >= 15 is 0 Å². The number of benzene rings is 1. The standard InChI is InChI=1S/C14H19NO2/c1-2-15-9-8-12-10-11(6-7-13(12)15)4-3-5-14(16)17/h6-7,10H,2-5,8-9H2,1H3,(H,16,17). The van der Waals surface area contributed by atoms with Crippen molar-refractivity contribution in [2.45, 2.75) is 32.6 Å². The van der Waals surface area contributed by atoms with Gasteiger partial charge in [0.05, 0.1) is 0 Å². The molecule has 1 N–H and O–H groups in total. The van der Waals surface area contributed by atoms with Crippen LogP contribution in [0.2, 0.25) is 0 Å². The van der Waals surface area contributed by atoms with Crippen LogP contribution in [0.1, 0.15) is 30.9 Å². The Morgan fingerprint density at radius 2 is 2.29 bits per heavy atom. The minimum absolute atomic E-state index is 0.262. The molecule has 3 nitrogen and oxygen atoms in total. The molecule has 0 bridgehead atoms. The number of aliphatic carboxylic acids is 1. The zero-order valence-electron chi connectivity index (χ0n) is 10.3. The molecular formula is C14H19NO2. The van der Waals surface area contributed by atoms with E-state index in [0.717, 1.165) is 32.4 Å². The monoisotopic (exact) mass is 233 g/mol. The summed E-state index contributed by atoms with van der Waals surface area (Å²) in [5, 5.41) is 8.61. The Morgan fingerprint density at radius 1 is 1.47 bits per heavy atom. The van der Waals surface area contributed by atoms with Crippen LogP contribution in [0.15, 0.2) is 18.2 Å². The predicted molar refractivity (Wildman–Crippen MR) is 68.6 cm³/mol. The molecule has 1 aliphatic rings. The predicted octanol–water partition coefficient (Wildman–Crippen LogP) is 2.48. The Morgan fingerprint density at radius 3 is 3.00 bits per heavy atom. The Balaban J connectivity index is 2.00. The van der Waals surface area contributed by atoms with Crippen LogP contribution in [0.5, 0.6) is 0 Å². The number of rotatable bonds is 5. The number of hydrogen-bond donors (Lipinski definition) is 1. The largest absolute Gasteiger partial charge is 0.481 e. The summed E-state index contributed by atoms with van der Waals surface area (Å²) >= 11 is 0. The molecule has 1 aliphatic heterocycles. The Bertz CT molecular complexity index is 415. The number of aryl methyl sites for hydroxylation is 1. The van der Waals surface area contributed by atoms with E-state index in [9.17, 15) is 4.79 Å². The molecule has 1 aromatic carbocycles. The molecule has 3 heteroatoms. The number of fused-ring (bicyclic) bond motifs is 1. The fourth-order valence-corrected chi connectivity index (χ4v) is 2.45. The van der Waals surface area contributed by atoms with E-state index in [4.69, 9.17) is 5.11 Å². The topological polar surface area (TPSA) is 40.5 Å². The normalized spacial score (nSPS) is 13.8. The number of carboxylic acid groups (broad SMARTS) is 1. The van der Waals surface area contributed by atoms with Crippen LogP contribution in [-0.2, 0) is 17.6 Å². The smallest absolute Gasteiger partial charge is 0.303 e. The molecule has 0 fully saturated rings. The van der Waals surface area contributed by atoms with Crippen LogP contribution in [0, 0.1) is 0 Å². The minimum Gasteiger partial charge on any atom is -0.481 e. The highest BCUT2D eigenvalue weighted by Gasteiger charge is 2.17. The van der Waals surface area contributed by atoms with Gasteiger partial charge in [0.25, 0.3) is 0 Å². The highest BCUT2D eigenvalue weighted by Crippen LogP contribution is 2.28. The van der Waals surface area contributed by atoms with Gasteiger partial charge < -0.3 is 10.0 Å². The first-order valence-corrected chi connectivity index (χ1v) is 6.29. The Hall–Kier alpha value is -1.51. The maximum Gasteiger partial charge on any atom is 0.303 e.